The van der Waals surface area contributed by atoms with Crippen molar-refractivity contribution in [3.05, 3.63) is 60.2 Å². The number of amides is 1. The van der Waals surface area contributed by atoms with Crippen LogP contribution in [-0.4, -0.2) is 18.2 Å². The molecule has 2 N–H and O–H groups in total. The van der Waals surface area contributed by atoms with Crippen LogP contribution in [0.2, 0.25) is 0 Å². The fourth-order valence-electron chi connectivity index (χ4n) is 1.80. The second-order valence-corrected chi connectivity index (χ2v) is 5.18. The number of para-hydroxylation sites is 1. The third kappa shape index (κ3) is 3.31. The van der Waals surface area contributed by atoms with Crippen molar-refractivity contribution in [1.29, 1.82) is 0 Å². The van der Waals surface area contributed by atoms with Gasteiger partial charge in [-0.3, -0.25) is 10.0 Å². The van der Waals surface area contributed by atoms with Gasteiger partial charge in [0.1, 0.15) is 11.0 Å². The maximum atomic E-state index is 11.9. The van der Waals surface area contributed by atoms with Crippen molar-refractivity contribution in [2.24, 2.45) is 0 Å². The summed E-state index contributed by atoms with van der Waals surface area (Å²) < 4.78 is 5.28. The summed E-state index contributed by atoms with van der Waals surface area (Å²) in [6.07, 6.45) is 0. The molecule has 2 aromatic carbocycles. The van der Waals surface area contributed by atoms with Gasteiger partial charge in [-0.15, -0.1) is 11.8 Å². The van der Waals surface area contributed by atoms with Crippen molar-refractivity contribution in [3.8, 4) is 5.75 Å². The highest BCUT2D eigenvalue weighted by Crippen LogP contribution is 2.39. The Kier molecular flexibility index (Phi) is 5.03. The second-order valence-electron chi connectivity index (χ2n) is 4.04. The summed E-state index contributed by atoms with van der Waals surface area (Å²) in [5, 5.41) is 8.38. The van der Waals surface area contributed by atoms with Gasteiger partial charge in [-0.25, -0.2) is 5.48 Å². The fourth-order valence-corrected chi connectivity index (χ4v) is 2.93. The molecule has 0 aromatic heterocycles. The van der Waals surface area contributed by atoms with E-state index in [1.165, 1.54) is 11.8 Å². The van der Waals surface area contributed by atoms with Crippen molar-refractivity contribution in [2.75, 3.05) is 7.11 Å². The number of carbonyl (C=O) groups excluding carboxylic acids is 1. The van der Waals surface area contributed by atoms with Crippen LogP contribution in [0.3, 0.4) is 0 Å². The lowest BCUT2D eigenvalue weighted by Crippen LogP contribution is -2.24. The molecule has 0 aliphatic heterocycles. The first-order valence-electron chi connectivity index (χ1n) is 6.05. The van der Waals surface area contributed by atoms with E-state index in [2.05, 4.69) is 0 Å². The van der Waals surface area contributed by atoms with E-state index >= 15 is 0 Å². The minimum absolute atomic E-state index is 0.466. The van der Waals surface area contributed by atoms with Crippen LogP contribution >= 0.6 is 11.8 Å². The Bertz CT molecular complexity index is 574. The first-order valence-corrected chi connectivity index (χ1v) is 6.92. The Morgan fingerprint density at radius 2 is 1.80 bits per heavy atom. The van der Waals surface area contributed by atoms with Gasteiger partial charge in [0, 0.05) is 0 Å². The van der Waals surface area contributed by atoms with Crippen LogP contribution in [0.25, 0.3) is 0 Å². The number of hydroxylamine groups is 1. The summed E-state index contributed by atoms with van der Waals surface area (Å²) in [4.78, 5) is 12.7. The number of nitrogens with one attached hydrogen (secondary N) is 1. The minimum atomic E-state index is -0.544. The van der Waals surface area contributed by atoms with Crippen molar-refractivity contribution >= 4 is 17.7 Å². The van der Waals surface area contributed by atoms with Gasteiger partial charge in [0.15, 0.2) is 0 Å². The number of ether oxygens (including phenoxy) is 1. The van der Waals surface area contributed by atoms with Gasteiger partial charge in [0.05, 0.1) is 12.0 Å². The molecule has 0 aliphatic rings. The SMILES string of the molecule is COc1ccccc1SC(C(=O)NO)c1ccccc1. The topological polar surface area (TPSA) is 58.6 Å². The number of methoxy groups -OCH3 is 1. The molecule has 0 radical (unpaired) electrons. The largest absolute Gasteiger partial charge is 0.496 e. The highest BCUT2D eigenvalue weighted by Gasteiger charge is 2.22. The summed E-state index contributed by atoms with van der Waals surface area (Å²) >= 11 is 1.33. The highest BCUT2D eigenvalue weighted by molar-refractivity contribution is 8.00. The standard InChI is InChI=1S/C15H15NO3S/c1-19-12-9-5-6-10-13(12)20-14(15(17)16-18)11-7-3-2-4-8-11/h2-10,14,18H,1H3,(H,16,17). The van der Waals surface area contributed by atoms with E-state index in [-0.39, 0.29) is 0 Å². The van der Waals surface area contributed by atoms with Gasteiger partial charge in [0.25, 0.3) is 5.91 Å². The van der Waals surface area contributed by atoms with Crippen LogP contribution < -0.4 is 10.2 Å². The average Bonchev–Trinajstić information content (AvgIpc) is 2.53. The van der Waals surface area contributed by atoms with E-state index in [1.807, 2.05) is 54.6 Å². The monoisotopic (exact) mass is 289 g/mol. The van der Waals surface area contributed by atoms with Crippen LogP contribution in [0.5, 0.6) is 5.75 Å². The molecule has 104 valence electrons. The lowest BCUT2D eigenvalue weighted by molar-refractivity contribution is -0.128. The predicted molar refractivity (Wildman–Crippen MR) is 78.0 cm³/mol. The van der Waals surface area contributed by atoms with Crippen molar-refractivity contribution in [2.45, 2.75) is 10.1 Å². The van der Waals surface area contributed by atoms with Crippen LogP contribution in [0.4, 0.5) is 0 Å². The molecule has 4 nitrogen and oxygen atoms in total. The molecule has 1 atom stereocenters. The van der Waals surface area contributed by atoms with Gasteiger partial charge < -0.3 is 4.74 Å². The van der Waals surface area contributed by atoms with Crippen LogP contribution in [0, 0.1) is 0 Å². The van der Waals surface area contributed by atoms with E-state index in [4.69, 9.17) is 9.94 Å². The first-order chi connectivity index (χ1) is 9.76. The van der Waals surface area contributed by atoms with E-state index in [9.17, 15) is 4.79 Å². The molecule has 5 heteroatoms. The molecule has 0 aliphatic carbocycles. The zero-order chi connectivity index (χ0) is 14.4. The quantitative estimate of drug-likeness (QED) is 0.504. The second kappa shape index (κ2) is 6.98. The number of hydrogen-bond donors (Lipinski definition) is 2. The summed E-state index contributed by atoms with van der Waals surface area (Å²) in [5.41, 5.74) is 2.54. The molecule has 20 heavy (non-hydrogen) atoms. The third-order valence-electron chi connectivity index (χ3n) is 2.76. The molecule has 0 saturated carbocycles. The summed E-state index contributed by atoms with van der Waals surface area (Å²) in [6, 6.07) is 16.8. The van der Waals surface area contributed by atoms with Crippen molar-refractivity contribution < 1.29 is 14.7 Å². The molecule has 0 bridgehead atoms. The maximum absolute atomic E-state index is 11.9. The lowest BCUT2D eigenvalue weighted by Gasteiger charge is -2.16. The molecular weight excluding hydrogens is 274 g/mol. The first kappa shape index (κ1) is 14.4. The highest BCUT2D eigenvalue weighted by atomic mass is 32.2. The number of thioether (sulfide) groups is 1. The van der Waals surface area contributed by atoms with Gasteiger partial charge in [-0.05, 0) is 17.7 Å². The van der Waals surface area contributed by atoms with E-state index in [1.54, 1.807) is 12.6 Å². The van der Waals surface area contributed by atoms with Crippen molar-refractivity contribution in [1.82, 2.24) is 5.48 Å². The van der Waals surface area contributed by atoms with E-state index in [0.29, 0.717) is 5.75 Å². The Hall–Kier alpha value is -1.98. The van der Waals surface area contributed by atoms with Crippen LogP contribution in [0.1, 0.15) is 10.8 Å². The van der Waals surface area contributed by atoms with E-state index in [0.717, 1.165) is 10.5 Å². The molecule has 1 amide bonds. The van der Waals surface area contributed by atoms with Gasteiger partial charge in [0.2, 0.25) is 0 Å². The molecule has 0 saturated heterocycles. The molecule has 2 aromatic rings. The lowest BCUT2D eigenvalue weighted by atomic mass is 10.1. The summed E-state index contributed by atoms with van der Waals surface area (Å²) in [7, 11) is 1.59. The van der Waals surface area contributed by atoms with Crippen molar-refractivity contribution in [3.63, 3.8) is 0 Å². The predicted octanol–water partition coefficient (Wildman–Crippen LogP) is 3.03. The third-order valence-corrected chi connectivity index (χ3v) is 4.08. The van der Waals surface area contributed by atoms with Gasteiger partial charge in [-0.1, -0.05) is 42.5 Å². The Morgan fingerprint density at radius 1 is 1.15 bits per heavy atom. The van der Waals surface area contributed by atoms with Crippen LogP contribution in [-0.2, 0) is 4.79 Å². The van der Waals surface area contributed by atoms with Gasteiger partial charge in [-0.2, -0.15) is 0 Å². The average molecular weight is 289 g/mol. The molecule has 0 spiro atoms. The summed E-state index contributed by atoms with van der Waals surface area (Å²) in [5.74, 6) is 0.233. The van der Waals surface area contributed by atoms with E-state index < -0.39 is 11.2 Å². The molecular formula is C15H15NO3S. The molecule has 2 rings (SSSR count). The number of rotatable bonds is 5. The Balaban J connectivity index is 2.31. The normalized spacial score (nSPS) is 11.7. The zero-order valence-electron chi connectivity index (χ0n) is 10.9. The fraction of sp³-hybridized carbons (Fsp3) is 0.133. The number of benzene rings is 2. The minimum Gasteiger partial charge on any atom is -0.496 e. The number of carbonyl (C=O) groups is 1. The Labute approximate surface area is 121 Å². The van der Waals surface area contributed by atoms with Crippen LogP contribution in [0.15, 0.2) is 59.5 Å². The molecule has 1 unspecified atom stereocenters. The smallest absolute Gasteiger partial charge is 0.261 e. The van der Waals surface area contributed by atoms with Gasteiger partial charge >= 0.3 is 0 Å². The number of hydrogen-bond acceptors (Lipinski definition) is 4. The molecule has 0 heterocycles. The maximum Gasteiger partial charge on any atom is 0.261 e. The molecule has 0 fully saturated rings. The summed E-state index contributed by atoms with van der Waals surface area (Å²) in [6.45, 7) is 0. The zero-order valence-corrected chi connectivity index (χ0v) is 11.8. The Morgan fingerprint density at radius 3 is 2.45 bits per heavy atom.